The molecular formula is C17H17F2NO2. The van der Waals surface area contributed by atoms with E-state index < -0.39 is 11.6 Å². The van der Waals surface area contributed by atoms with Crippen LogP contribution in [0.15, 0.2) is 48.5 Å². The Morgan fingerprint density at radius 2 is 1.86 bits per heavy atom. The van der Waals surface area contributed by atoms with Gasteiger partial charge in [0.2, 0.25) is 0 Å². The van der Waals surface area contributed by atoms with Crippen LogP contribution < -0.4 is 4.74 Å². The van der Waals surface area contributed by atoms with Crippen molar-refractivity contribution < 1.29 is 18.3 Å². The van der Waals surface area contributed by atoms with Crippen molar-refractivity contribution in [2.75, 3.05) is 13.2 Å². The average molecular weight is 305 g/mol. The third kappa shape index (κ3) is 4.28. The van der Waals surface area contributed by atoms with E-state index in [-0.39, 0.29) is 18.3 Å². The fourth-order valence-corrected chi connectivity index (χ4v) is 2.00. The SMILES string of the molecule is CCN(Cc1ccccc1)C(=O)COc1ccc(F)cc1F. The van der Waals surface area contributed by atoms with Crippen molar-refractivity contribution in [2.24, 2.45) is 0 Å². The minimum atomic E-state index is -0.820. The highest BCUT2D eigenvalue weighted by Crippen LogP contribution is 2.17. The number of carbonyl (C=O) groups excluding carboxylic acids is 1. The molecule has 0 fully saturated rings. The van der Waals surface area contributed by atoms with Crippen molar-refractivity contribution in [3.63, 3.8) is 0 Å². The molecule has 0 aliphatic heterocycles. The highest BCUT2D eigenvalue weighted by atomic mass is 19.1. The van der Waals surface area contributed by atoms with E-state index in [4.69, 9.17) is 4.74 Å². The summed E-state index contributed by atoms with van der Waals surface area (Å²) in [5.41, 5.74) is 1.01. The molecule has 2 aromatic carbocycles. The maximum Gasteiger partial charge on any atom is 0.260 e. The summed E-state index contributed by atoms with van der Waals surface area (Å²) in [5, 5.41) is 0. The number of amides is 1. The molecule has 0 spiro atoms. The Hall–Kier alpha value is -2.43. The Labute approximate surface area is 128 Å². The minimum absolute atomic E-state index is 0.134. The molecule has 0 saturated carbocycles. The Bertz CT molecular complexity index is 632. The lowest BCUT2D eigenvalue weighted by atomic mass is 10.2. The maximum atomic E-state index is 13.4. The first-order valence-corrected chi connectivity index (χ1v) is 6.99. The van der Waals surface area contributed by atoms with Gasteiger partial charge in [-0.05, 0) is 24.6 Å². The van der Waals surface area contributed by atoms with Gasteiger partial charge in [-0.15, -0.1) is 0 Å². The van der Waals surface area contributed by atoms with Crippen molar-refractivity contribution in [1.82, 2.24) is 4.90 Å². The lowest BCUT2D eigenvalue weighted by Gasteiger charge is -2.21. The van der Waals surface area contributed by atoms with Gasteiger partial charge in [-0.25, -0.2) is 8.78 Å². The van der Waals surface area contributed by atoms with Crippen molar-refractivity contribution in [2.45, 2.75) is 13.5 Å². The van der Waals surface area contributed by atoms with Gasteiger partial charge in [0.15, 0.2) is 18.2 Å². The molecule has 2 aromatic rings. The summed E-state index contributed by atoms with van der Waals surface area (Å²) in [4.78, 5) is 13.7. The van der Waals surface area contributed by atoms with Crippen LogP contribution in [0.1, 0.15) is 12.5 Å². The average Bonchev–Trinajstić information content (AvgIpc) is 2.52. The van der Waals surface area contributed by atoms with Crippen LogP contribution in [-0.4, -0.2) is 24.0 Å². The summed E-state index contributed by atoms with van der Waals surface area (Å²) in [7, 11) is 0. The van der Waals surface area contributed by atoms with E-state index in [1.165, 1.54) is 6.07 Å². The Balaban J connectivity index is 1.94. The Morgan fingerprint density at radius 3 is 2.50 bits per heavy atom. The number of benzene rings is 2. The third-order valence-electron chi connectivity index (χ3n) is 3.20. The molecule has 22 heavy (non-hydrogen) atoms. The topological polar surface area (TPSA) is 29.5 Å². The fourth-order valence-electron chi connectivity index (χ4n) is 2.00. The summed E-state index contributed by atoms with van der Waals surface area (Å²) in [6, 6.07) is 12.5. The quantitative estimate of drug-likeness (QED) is 0.818. The molecule has 0 unspecified atom stereocenters. The van der Waals surface area contributed by atoms with Gasteiger partial charge >= 0.3 is 0 Å². The molecule has 0 atom stereocenters. The van der Waals surface area contributed by atoms with Gasteiger partial charge in [0.25, 0.3) is 5.91 Å². The second kappa shape index (κ2) is 7.54. The molecule has 0 aliphatic carbocycles. The molecule has 2 rings (SSSR count). The summed E-state index contributed by atoms with van der Waals surface area (Å²) >= 11 is 0. The number of ether oxygens (including phenoxy) is 1. The van der Waals surface area contributed by atoms with E-state index in [0.29, 0.717) is 13.1 Å². The van der Waals surface area contributed by atoms with Gasteiger partial charge in [0.05, 0.1) is 0 Å². The standard InChI is InChI=1S/C17H17F2NO2/c1-2-20(11-13-6-4-3-5-7-13)17(21)12-22-16-9-8-14(18)10-15(16)19/h3-10H,2,11-12H2,1H3. The van der Waals surface area contributed by atoms with Gasteiger partial charge in [0.1, 0.15) is 5.82 Å². The van der Waals surface area contributed by atoms with E-state index in [1.54, 1.807) is 4.90 Å². The monoisotopic (exact) mass is 305 g/mol. The zero-order valence-electron chi connectivity index (χ0n) is 12.3. The van der Waals surface area contributed by atoms with Crippen LogP contribution in [0.4, 0.5) is 8.78 Å². The molecule has 0 aliphatic rings. The third-order valence-corrected chi connectivity index (χ3v) is 3.20. The molecule has 0 N–H and O–H groups in total. The predicted molar refractivity (Wildman–Crippen MR) is 79.4 cm³/mol. The van der Waals surface area contributed by atoms with E-state index in [1.807, 2.05) is 37.3 Å². The number of hydrogen-bond acceptors (Lipinski definition) is 2. The number of rotatable bonds is 6. The molecule has 0 bridgehead atoms. The lowest BCUT2D eigenvalue weighted by molar-refractivity contribution is -0.133. The molecule has 0 aromatic heterocycles. The number of hydrogen-bond donors (Lipinski definition) is 0. The number of halogens is 2. The van der Waals surface area contributed by atoms with Gasteiger partial charge in [0, 0.05) is 19.2 Å². The highest BCUT2D eigenvalue weighted by Gasteiger charge is 2.14. The van der Waals surface area contributed by atoms with E-state index in [9.17, 15) is 13.6 Å². The summed E-state index contributed by atoms with van der Waals surface area (Å²) in [5.74, 6) is -1.89. The van der Waals surface area contributed by atoms with Crippen LogP contribution >= 0.6 is 0 Å². The molecule has 116 valence electrons. The first-order chi connectivity index (χ1) is 10.6. The largest absolute Gasteiger partial charge is 0.481 e. The van der Waals surface area contributed by atoms with Crippen LogP contribution in [0.25, 0.3) is 0 Å². The molecular weight excluding hydrogens is 288 g/mol. The van der Waals surface area contributed by atoms with Crippen molar-refractivity contribution in [3.8, 4) is 5.75 Å². The predicted octanol–water partition coefficient (Wildman–Crippen LogP) is 3.39. The summed E-state index contributed by atoms with van der Waals surface area (Å²) in [6.07, 6.45) is 0. The van der Waals surface area contributed by atoms with Crippen LogP contribution in [-0.2, 0) is 11.3 Å². The van der Waals surface area contributed by atoms with Crippen LogP contribution in [0, 0.1) is 11.6 Å². The zero-order chi connectivity index (χ0) is 15.9. The smallest absolute Gasteiger partial charge is 0.260 e. The van der Waals surface area contributed by atoms with E-state index >= 15 is 0 Å². The maximum absolute atomic E-state index is 13.4. The first kappa shape index (κ1) is 15.9. The summed E-state index contributed by atoms with van der Waals surface area (Å²) < 4.78 is 31.4. The van der Waals surface area contributed by atoms with Gasteiger partial charge in [-0.1, -0.05) is 30.3 Å². The lowest BCUT2D eigenvalue weighted by Crippen LogP contribution is -2.34. The molecule has 0 heterocycles. The molecule has 0 saturated heterocycles. The number of nitrogens with zero attached hydrogens (tertiary/aromatic N) is 1. The van der Waals surface area contributed by atoms with Crippen molar-refractivity contribution in [3.05, 3.63) is 65.7 Å². The normalized spacial score (nSPS) is 10.3. The molecule has 3 nitrogen and oxygen atoms in total. The Kier molecular flexibility index (Phi) is 5.47. The summed E-state index contributed by atoms with van der Waals surface area (Å²) in [6.45, 7) is 2.55. The van der Waals surface area contributed by atoms with Crippen molar-refractivity contribution in [1.29, 1.82) is 0 Å². The second-order valence-corrected chi connectivity index (χ2v) is 4.76. The van der Waals surface area contributed by atoms with Crippen molar-refractivity contribution >= 4 is 5.91 Å². The van der Waals surface area contributed by atoms with Crippen LogP contribution in [0.2, 0.25) is 0 Å². The Morgan fingerprint density at radius 1 is 1.14 bits per heavy atom. The minimum Gasteiger partial charge on any atom is -0.481 e. The van der Waals surface area contributed by atoms with E-state index in [0.717, 1.165) is 17.7 Å². The van der Waals surface area contributed by atoms with Gasteiger partial charge in [-0.2, -0.15) is 0 Å². The first-order valence-electron chi connectivity index (χ1n) is 6.99. The van der Waals surface area contributed by atoms with Crippen LogP contribution in [0.5, 0.6) is 5.75 Å². The van der Waals surface area contributed by atoms with Crippen LogP contribution in [0.3, 0.4) is 0 Å². The number of carbonyl (C=O) groups is 1. The highest BCUT2D eigenvalue weighted by molar-refractivity contribution is 5.77. The van der Waals surface area contributed by atoms with Gasteiger partial charge in [-0.3, -0.25) is 4.79 Å². The molecule has 0 radical (unpaired) electrons. The number of likely N-dealkylation sites (N-methyl/N-ethyl adjacent to an activating group) is 1. The van der Waals surface area contributed by atoms with E-state index in [2.05, 4.69) is 0 Å². The zero-order valence-corrected chi connectivity index (χ0v) is 12.3. The fraction of sp³-hybridized carbons (Fsp3) is 0.235. The molecule has 1 amide bonds. The second-order valence-electron chi connectivity index (χ2n) is 4.76. The van der Waals surface area contributed by atoms with Gasteiger partial charge < -0.3 is 9.64 Å². The molecule has 5 heteroatoms.